The molecular formula is C15H28N2O2. The summed E-state index contributed by atoms with van der Waals surface area (Å²) in [5, 5.41) is 16.8. The van der Waals surface area contributed by atoms with Gasteiger partial charge in [-0.3, -0.25) is 0 Å². The number of aliphatic carboxylic acids is 1. The van der Waals surface area contributed by atoms with E-state index in [-0.39, 0.29) is 6.04 Å². The van der Waals surface area contributed by atoms with Gasteiger partial charge in [0.25, 0.3) is 0 Å². The molecule has 0 heterocycles. The van der Waals surface area contributed by atoms with Crippen LogP contribution in [0.3, 0.4) is 0 Å². The molecule has 19 heavy (non-hydrogen) atoms. The summed E-state index contributed by atoms with van der Waals surface area (Å²) in [4.78, 5) is 12.6. The van der Waals surface area contributed by atoms with Gasteiger partial charge in [-0.1, -0.05) is 27.7 Å². The van der Waals surface area contributed by atoms with Crippen molar-refractivity contribution < 1.29 is 9.90 Å². The second-order valence-electron chi connectivity index (χ2n) is 5.70. The lowest BCUT2D eigenvalue weighted by Gasteiger charge is -2.33. The third-order valence-corrected chi connectivity index (χ3v) is 3.08. The van der Waals surface area contributed by atoms with Gasteiger partial charge in [0.05, 0.1) is 0 Å². The van der Waals surface area contributed by atoms with Gasteiger partial charge in [-0.05, 0) is 25.2 Å². The van der Waals surface area contributed by atoms with E-state index in [2.05, 4.69) is 27.7 Å². The predicted molar refractivity (Wildman–Crippen MR) is 79.6 cm³/mol. The van der Waals surface area contributed by atoms with E-state index in [1.54, 1.807) is 6.20 Å². The van der Waals surface area contributed by atoms with Crippen LogP contribution in [0.5, 0.6) is 0 Å². The quantitative estimate of drug-likeness (QED) is 0.497. The van der Waals surface area contributed by atoms with Crippen LogP contribution in [0.25, 0.3) is 0 Å². The van der Waals surface area contributed by atoms with Crippen molar-refractivity contribution in [2.24, 2.45) is 11.8 Å². The van der Waals surface area contributed by atoms with Crippen molar-refractivity contribution in [3.63, 3.8) is 0 Å². The van der Waals surface area contributed by atoms with Gasteiger partial charge in [0.2, 0.25) is 0 Å². The topological polar surface area (TPSA) is 64.4 Å². The van der Waals surface area contributed by atoms with E-state index in [1.807, 2.05) is 11.8 Å². The Morgan fingerprint density at radius 1 is 1.26 bits per heavy atom. The van der Waals surface area contributed by atoms with Gasteiger partial charge in [0.1, 0.15) is 0 Å². The molecule has 0 spiro atoms. The molecule has 0 aliphatic rings. The summed E-state index contributed by atoms with van der Waals surface area (Å²) < 4.78 is 0. The molecule has 0 saturated carbocycles. The first kappa shape index (κ1) is 17.7. The first-order chi connectivity index (χ1) is 8.77. The molecule has 0 aromatic heterocycles. The molecule has 0 fully saturated rings. The Bertz CT molecular complexity index is 322. The molecule has 0 radical (unpaired) electrons. The highest BCUT2D eigenvalue weighted by Gasteiger charge is 2.20. The summed E-state index contributed by atoms with van der Waals surface area (Å²) in [6.07, 6.45) is 4.32. The lowest BCUT2D eigenvalue weighted by Crippen LogP contribution is -2.37. The molecule has 0 saturated heterocycles. The van der Waals surface area contributed by atoms with Crippen LogP contribution in [0.2, 0.25) is 0 Å². The maximum absolute atomic E-state index is 10.6. The van der Waals surface area contributed by atoms with Crippen molar-refractivity contribution in [1.29, 1.82) is 5.41 Å². The molecule has 0 aliphatic heterocycles. The normalized spacial score (nSPS) is 13.2. The number of rotatable bonds is 9. The van der Waals surface area contributed by atoms with Gasteiger partial charge >= 0.3 is 5.97 Å². The van der Waals surface area contributed by atoms with Gasteiger partial charge < -0.3 is 15.4 Å². The van der Waals surface area contributed by atoms with Crippen LogP contribution in [0.15, 0.2) is 12.3 Å². The predicted octanol–water partition coefficient (Wildman–Crippen LogP) is 3.39. The molecule has 1 atom stereocenters. The molecule has 4 heteroatoms. The molecular weight excluding hydrogens is 240 g/mol. The van der Waals surface area contributed by atoms with E-state index >= 15 is 0 Å². The van der Waals surface area contributed by atoms with Crippen LogP contribution in [-0.2, 0) is 4.79 Å². The minimum atomic E-state index is -0.932. The van der Waals surface area contributed by atoms with E-state index in [1.165, 1.54) is 6.08 Å². The van der Waals surface area contributed by atoms with Crippen molar-refractivity contribution in [3.05, 3.63) is 12.3 Å². The Balaban J connectivity index is 4.77. The number of nitrogens with one attached hydrogen (secondary N) is 1. The Labute approximate surface area is 117 Å². The van der Waals surface area contributed by atoms with E-state index in [0.29, 0.717) is 18.3 Å². The number of carboxylic acids is 1. The number of hydrogen-bond donors (Lipinski definition) is 2. The van der Waals surface area contributed by atoms with Crippen molar-refractivity contribution in [3.8, 4) is 0 Å². The molecule has 0 amide bonds. The zero-order valence-corrected chi connectivity index (χ0v) is 12.8. The zero-order chi connectivity index (χ0) is 15.0. The first-order valence-electron chi connectivity index (χ1n) is 7.01. The van der Waals surface area contributed by atoms with E-state index in [9.17, 15) is 4.79 Å². The Morgan fingerprint density at radius 2 is 1.84 bits per heavy atom. The number of carbonyl (C=O) groups is 1. The van der Waals surface area contributed by atoms with Gasteiger partial charge in [-0.25, -0.2) is 4.79 Å². The van der Waals surface area contributed by atoms with Crippen molar-refractivity contribution >= 4 is 11.7 Å². The molecule has 2 N–H and O–H groups in total. The molecule has 4 nitrogen and oxygen atoms in total. The Morgan fingerprint density at radius 3 is 2.21 bits per heavy atom. The molecule has 0 aromatic carbocycles. The van der Waals surface area contributed by atoms with Crippen molar-refractivity contribution in [1.82, 2.24) is 4.90 Å². The lowest BCUT2D eigenvalue weighted by atomic mass is 9.93. The fourth-order valence-electron chi connectivity index (χ4n) is 2.17. The second-order valence-corrected chi connectivity index (χ2v) is 5.70. The van der Waals surface area contributed by atoms with Gasteiger partial charge in [0.15, 0.2) is 0 Å². The average Bonchev–Trinajstić information content (AvgIpc) is 2.26. The van der Waals surface area contributed by atoms with Crippen LogP contribution < -0.4 is 0 Å². The van der Waals surface area contributed by atoms with Crippen LogP contribution >= 0.6 is 0 Å². The highest BCUT2D eigenvalue weighted by Crippen LogP contribution is 2.18. The highest BCUT2D eigenvalue weighted by molar-refractivity contribution is 5.82. The molecule has 0 bridgehead atoms. The largest absolute Gasteiger partial charge is 0.478 e. The number of hydrogen-bond acceptors (Lipinski definition) is 3. The van der Waals surface area contributed by atoms with E-state index in [4.69, 9.17) is 10.5 Å². The van der Waals surface area contributed by atoms with Gasteiger partial charge in [0, 0.05) is 37.0 Å². The monoisotopic (exact) mass is 268 g/mol. The minimum absolute atomic E-state index is 0.187. The van der Waals surface area contributed by atoms with Crippen molar-refractivity contribution in [2.75, 3.05) is 6.54 Å². The van der Waals surface area contributed by atoms with Crippen LogP contribution in [-0.4, -0.2) is 34.3 Å². The standard InChI is InChI=1S/C15H28N2O2/c1-6-17(8-7-15(18)19)14(12(4)5)10-13(16)9-11(2)3/h7-8,11-12,14,16H,6,9-10H2,1-5H3,(H,18,19)/b8-7+,16-13?. The van der Waals surface area contributed by atoms with Crippen LogP contribution in [0.4, 0.5) is 0 Å². The molecule has 0 aliphatic carbocycles. The summed E-state index contributed by atoms with van der Waals surface area (Å²) in [6, 6.07) is 0.187. The maximum Gasteiger partial charge on any atom is 0.329 e. The maximum atomic E-state index is 10.6. The fourth-order valence-corrected chi connectivity index (χ4v) is 2.17. The average molecular weight is 268 g/mol. The zero-order valence-electron chi connectivity index (χ0n) is 12.8. The van der Waals surface area contributed by atoms with Crippen molar-refractivity contribution in [2.45, 2.75) is 53.5 Å². The molecule has 1 unspecified atom stereocenters. The fraction of sp³-hybridized carbons (Fsp3) is 0.733. The highest BCUT2D eigenvalue weighted by atomic mass is 16.4. The SMILES string of the molecule is CCN(/C=C/C(=O)O)C(CC(=N)CC(C)C)C(C)C. The summed E-state index contributed by atoms with van der Waals surface area (Å²) in [5.74, 6) is -0.0610. The van der Waals surface area contributed by atoms with Gasteiger partial charge in [-0.2, -0.15) is 0 Å². The summed E-state index contributed by atoms with van der Waals surface area (Å²) in [6.45, 7) is 11.2. The first-order valence-corrected chi connectivity index (χ1v) is 7.01. The molecule has 0 aromatic rings. The minimum Gasteiger partial charge on any atom is -0.478 e. The van der Waals surface area contributed by atoms with Crippen LogP contribution in [0.1, 0.15) is 47.5 Å². The molecule has 0 rings (SSSR count). The Kier molecular flexibility index (Phi) is 8.12. The number of nitrogens with zero attached hydrogens (tertiary/aromatic N) is 1. The Hall–Kier alpha value is -1.32. The lowest BCUT2D eigenvalue weighted by molar-refractivity contribution is -0.131. The van der Waals surface area contributed by atoms with Crippen LogP contribution in [0, 0.1) is 17.2 Å². The molecule has 110 valence electrons. The smallest absolute Gasteiger partial charge is 0.329 e. The van der Waals surface area contributed by atoms with E-state index < -0.39 is 5.97 Å². The summed E-state index contributed by atoms with van der Waals surface area (Å²) in [5.41, 5.74) is 0.746. The summed E-state index contributed by atoms with van der Waals surface area (Å²) >= 11 is 0. The van der Waals surface area contributed by atoms with Gasteiger partial charge in [-0.15, -0.1) is 0 Å². The number of carboxylic acid groups (broad SMARTS) is 1. The van der Waals surface area contributed by atoms with E-state index in [0.717, 1.165) is 18.7 Å². The third kappa shape index (κ3) is 7.65. The second kappa shape index (κ2) is 8.73. The summed E-state index contributed by atoms with van der Waals surface area (Å²) in [7, 11) is 0. The third-order valence-electron chi connectivity index (χ3n) is 3.08.